The lowest BCUT2D eigenvalue weighted by molar-refractivity contribution is 0.220. The summed E-state index contributed by atoms with van der Waals surface area (Å²) in [6, 6.07) is 17.1. The number of methoxy groups -OCH3 is 2. The molecule has 0 radical (unpaired) electrons. The smallest absolute Gasteiger partial charge is 0.339 e. The monoisotopic (exact) mass is 504 g/mol. The minimum atomic E-state index is -4.05. The molecule has 0 aromatic heterocycles. The van der Waals surface area contributed by atoms with Crippen LogP contribution in [-0.2, 0) is 33.1 Å². The quantitative estimate of drug-likeness (QED) is 0.466. The minimum Gasteiger partial charge on any atom is -0.497 e. The van der Waals surface area contributed by atoms with E-state index in [4.69, 9.17) is 13.7 Å². The van der Waals surface area contributed by atoms with Crippen molar-refractivity contribution in [2.24, 2.45) is 0 Å². The average Bonchev–Trinajstić information content (AvgIpc) is 2.83. The number of nitrogens with zero attached hydrogens (tertiary/aromatic N) is 1. The molecule has 34 heavy (non-hydrogen) atoms. The van der Waals surface area contributed by atoms with Crippen molar-refractivity contribution in [3.05, 3.63) is 77.9 Å². The van der Waals surface area contributed by atoms with Gasteiger partial charge in [-0.25, -0.2) is 13.4 Å². The third kappa shape index (κ3) is 5.17. The average molecular weight is 505 g/mol. The molecule has 3 aromatic carbocycles. The first kappa shape index (κ1) is 24.0. The van der Waals surface area contributed by atoms with Crippen molar-refractivity contribution in [2.75, 3.05) is 20.8 Å². The number of hydrazine groups is 1. The first-order chi connectivity index (χ1) is 16.2. The van der Waals surface area contributed by atoms with Gasteiger partial charge >= 0.3 is 10.1 Å². The molecule has 0 aliphatic carbocycles. The second-order valence-electron chi connectivity index (χ2n) is 7.55. The zero-order valence-electron chi connectivity index (χ0n) is 18.6. The van der Waals surface area contributed by atoms with E-state index in [1.165, 1.54) is 38.5 Å². The van der Waals surface area contributed by atoms with Crippen LogP contribution in [0.2, 0.25) is 0 Å². The molecular weight excluding hydrogens is 480 g/mol. The minimum absolute atomic E-state index is 0.00981. The molecule has 0 saturated carbocycles. The Bertz CT molecular complexity index is 1370. The molecule has 9 nitrogen and oxygen atoms in total. The first-order valence-corrected chi connectivity index (χ1v) is 13.2. The highest BCUT2D eigenvalue weighted by atomic mass is 32.2. The maximum atomic E-state index is 12.8. The van der Waals surface area contributed by atoms with Gasteiger partial charge in [0.25, 0.3) is 10.0 Å². The van der Waals surface area contributed by atoms with Crippen LogP contribution in [-0.4, -0.2) is 42.6 Å². The molecule has 180 valence electrons. The van der Waals surface area contributed by atoms with Gasteiger partial charge in [0.15, 0.2) is 0 Å². The number of fused-ring (bicyclic) bond motifs is 1. The Kier molecular flexibility index (Phi) is 6.80. The van der Waals surface area contributed by atoms with Crippen molar-refractivity contribution in [1.82, 2.24) is 9.84 Å². The summed E-state index contributed by atoms with van der Waals surface area (Å²) in [5.74, 6) is 1.32. The maximum Gasteiger partial charge on any atom is 0.339 e. The van der Waals surface area contributed by atoms with Crippen LogP contribution in [0.4, 0.5) is 0 Å². The Morgan fingerprint density at radius 2 is 1.38 bits per heavy atom. The van der Waals surface area contributed by atoms with E-state index in [0.717, 1.165) is 11.1 Å². The van der Waals surface area contributed by atoms with Gasteiger partial charge in [-0.2, -0.15) is 8.42 Å². The van der Waals surface area contributed by atoms with E-state index >= 15 is 0 Å². The van der Waals surface area contributed by atoms with Crippen molar-refractivity contribution < 1.29 is 30.5 Å². The third-order valence-electron chi connectivity index (χ3n) is 5.39. The zero-order chi connectivity index (χ0) is 24.3. The van der Waals surface area contributed by atoms with Gasteiger partial charge in [-0.05, 0) is 66.6 Å². The Hall–Kier alpha value is -3.12. The predicted molar refractivity (Wildman–Crippen MR) is 125 cm³/mol. The SMILES string of the molecule is COc1ccc(S(=O)(=O)NN2CCc3c(cccc3OS(=O)(=O)c3ccc(OC)cc3)C2)cc1. The van der Waals surface area contributed by atoms with Crippen molar-refractivity contribution in [3.8, 4) is 17.2 Å². The number of ether oxygens (including phenoxy) is 2. The highest BCUT2D eigenvalue weighted by Gasteiger charge is 2.26. The van der Waals surface area contributed by atoms with Crippen LogP contribution in [0.3, 0.4) is 0 Å². The van der Waals surface area contributed by atoms with Gasteiger partial charge in [-0.1, -0.05) is 12.1 Å². The van der Waals surface area contributed by atoms with Gasteiger partial charge in [0, 0.05) is 18.7 Å². The Labute approximate surface area is 199 Å². The molecule has 0 unspecified atom stereocenters. The van der Waals surface area contributed by atoms with E-state index in [0.29, 0.717) is 24.5 Å². The van der Waals surface area contributed by atoms with Crippen LogP contribution < -0.4 is 18.5 Å². The van der Waals surface area contributed by atoms with Gasteiger partial charge < -0.3 is 13.7 Å². The van der Waals surface area contributed by atoms with E-state index < -0.39 is 20.1 Å². The molecule has 0 atom stereocenters. The highest BCUT2D eigenvalue weighted by molar-refractivity contribution is 7.89. The molecule has 0 saturated heterocycles. The van der Waals surface area contributed by atoms with Crippen molar-refractivity contribution in [1.29, 1.82) is 0 Å². The lowest BCUT2D eigenvalue weighted by atomic mass is 10.00. The molecule has 1 aliphatic heterocycles. The summed E-state index contributed by atoms with van der Waals surface area (Å²) in [6.07, 6.45) is 0.398. The fraction of sp³-hybridized carbons (Fsp3) is 0.217. The fourth-order valence-corrected chi connectivity index (χ4v) is 5.67. The normalized spacial score (nSPS) is 14.3. The summed E-state index contributed by atoms with van der Waals surface area (Å²) in [5, 5.41) is 1.57. The van der Waals surface area contributed by atoms with E-state index in [1.54, 1.807) is 41.4 Å². The zero-order valence-corrected chi connectivity index (χ0v) is 20.2. The topological polar surface area (TPSA) is 111 Å². The number of nitrogens with one attached hydrogen (secondary N) is 1. The number of rotatable bonds is 8. The van der Waals surface area contributed by atoms with Gasteiger partial charge in [-0.15, -0.1) is 4.83 Å². The summed E-state index contributed by atoms with van der Waals surface area (Å²) in [4.78, 5) is 2.71. The molecule has 3 aromatic rings. The molecule has 4 rings (SSSR count). The fourth-order valence-electron chi connectivity index (χ4n) is 3.62. The van der Waals surface area contributed by atoms with Gasteiger partial charge in [0.2, 0.25) is 0 Å². The summed E-state index contributed by atoms with van der Waals surface area (Å²) in [6.45, 7) is 0.593. The second kappa shape index (κ2) is 9.63. The Morgan fingerprint density at radius 3 is 1.97 bits per heavy atom. The van der Waals surface area contributed by atoms with Gasteiger partial charge in [0.1, 0.15) is 22.1 Å². The molecule has 1 aliphatic rings. The van der Waals surface area contributed by atoms with Crippen molar-refractivity contribution in [2.45, 2.75) is 22.8 Å². The molecule has 0 amide bonds. The van der Waals surface area contributed by atoms with E-state index in [9.17, 15) is 16.8 Å². The largest absolute Gasteiger partial charge is 0.497 e. The molecule has 0 bridgehead atoms. The van der Waals surface area contributed by atoms with E-state index in [-0.39, 0.29) is 22.1 Å². The maximum absolute atomic E-state index is 12.8. The standard InChI is InChI=1S/C23H24N2O7S2/c1-30-18-6-10-20(11-7-18)33(26,27)24-25-15-14-22-17(16-25)4-3-5-23(22)32-34(28,29)21-12-8-19(31-2)9-13-21/h3-13,24H,14-16H2,1-2H3. The lowest BCUT2D eigenvalue weighted by Gasteiger charge is -2.29. The second-order valence-corrected chi connectivity index (χ2v) is 10.8. The third-order valence-corrected chi connectivity index (χ3v) is 8.03. The molecule has 0 spiro atoms. The Morgan fingerprint density at radius 1 is 0.794 bits per heavy atom. The van der Waals surface area contributed by atoms with Crippen LogP contribution in [0, 0.1) is 0 Å². The van der Waals surface area contributed by atoms with Crippen LogP contribution in [0.25, 0.3) is 0 Å². The molecule has 11 heteroatoms. The summed E-state index contributed by atoms with van der Waals surface area (Å²) < 4.78 is 66.6. The van der Waals surface area contributed by atoms with Gasteiger partial charge in [0.05, 0.1) is 19.1 Å². The van der Waals surface area contributed by atoms with Crippen LogP contribution >= 0.6 is 0 Å². The van der Waals surface area contributed by atoms with Crippen LogP contribution in [0.1, 0.15) is 11.1 Å². The number of hydrogen-bond acceptors (Lipinski definition) is 8. The number of sulfonamides is 1. The molecular formula is C23H24N2O7S2. The number of benzene rings is 3. The van der Waals surface area contributed by atoms with E-state index in [1.807, 2.05) is 6.07 Å². The summed E-state index contributed by atoms with van der Waals surface area (Å²) in [7, 11) is -4.83. The molecule has 0 fully saturated rings. The van der Waals surface area contributed by atoms with Gasteiger partial charge in [-0.3, -0.25) is 0 Å². The summed E-state index contributed by atoms with van der Waals surface area (Å²) >= 11 is 0. The number of hydrogen-bond donors (Lipinski definition) is 1. The summed E-state index contributed by atoms with van der Waals surface area (Å²) in [5.41, 5.74) is 1.49. The van der Waals surface area contributed by atoms with Crippen LogP contribution in [0.5, 0.6) is 17.2 Å². The highest BCUT2D eigenvalue weighted by Crippen LogP contribution is 2.30. The predicted octanol–water partition coefficient (Wildman–Crippen LogP) is 2.72. The van der Waals surface area contributed by atoms with E-state index in [2.05, 4.69) is 4.83 Å². The lowest BCUT2D eigenvalue weighted by Crippen LogP contribution is -2.44. The van der Waals surface area contributed by atoms with Crippen LogP contribution in [0.15, 0.2) is 76.5 Å². The molecule has 1 N–H and O–H groups in total. The molecule has 1 heterocycles. The first-order valence-electron chi connectivity index (χ1n) is 10.3. The van der Waals surface area contributed by atoms with Crippen molar-refractivity contribution >= 4 is 20.1 Å². The van der Waals surface area contributed by atoms with Crippen molar-refractivity contribution in [3.63, 3.8) is 0 Å². The Balaban J connectivity index is 1.50.